The van der Waals surface area contributed by atoms with Gasteiger partial charge < -0.3 is 0 Å². The predicted octanol–water partition coefficient (Wildman–Crippen LogP) is 4.03. The van der Waals surface area contributed by atoms with Gasteiger partial charge in [-0.25, -0.2) is 0 Å². The molecule has 3 heterocycles. The Hall–Kier alpha value is -2.66. The van der Waals surface area contributed by atoms with E-state index in [2.05, 4.69) is 10.1 Å². The zero-order valence-electron chi connectivity index (χ0n) is 14.2. The first kappa shape index (κ1) is 15.8. The number of aryl methyl sites for hydroxylation is 1. The average molecular weight is 353 g/mol. The van der Waals surface area contributed by atoms with Crippen LogP contribution in [0.2, 0.25) is 5.02 Å². The maximum atomic E-state index is 13.0. The lowest BCUT2D eigenvalue weighted by atomic mass is 9.93. The molecule has 0 saturated carbocycles. The molecule has 1 amide bonds. The Morgan fingerprint density at radius 2 is 1.92 bits per heavy atom. The fraction of sp³-hybridized carbons (Fsp3) is 0.211. The molecule has 126 valence electrons. The summed E-state index contributed by atoms with van der Waals surface area (Å²) in [6.07, 6.45) is 5.23. The van der Waals surface area contributed by atoms with Crippen LogP contribution in [-0.4, -0.2) is 20.7 Å². The number of amides is 1. The lowest BCUT2D eigenvalue weighted by Gasteiger charge is -2.32. The normalized spacial score (nSPS) is 15.5. The molecule has 1 aliphatic heterocycles. The first-order chi connectivity index (χ1) is 11.9. The highest BCUT2D eigenvalue weighted by Gasteiger charge is 2.44. The van der Waals surface area contributed by atoms with Gasteiger partial charge in [-0.1, -0.05) is 11.6 Å². The van der Waals surface area contributed by atoms with Gasteiger partial charge in [0.05, 0.1) is 23.1 Å². The molecule has 0 fully saturated rings. The van der Waals surface area contributed by atoms with Crippen molar-refractivity contribution in [3.63, 3.8) is 0 Å². The number of anilines is 1. The highest BCUT2D eigenvalue weighted by Crippen LogP contribution is 2.43. The summed E-state index contributed by atoms with van der Waals surface area (Å²) < 4.78 is 1.78. The highest BCUT2D eigenvalue weighted by molar-refractivity contribution is 6.31. The first-order valence-corrected chi connectivity index (χ1v) is 8.35. The summed E-state index contributed by atoms with van der Waals surface area (Å²) in [6, 6.07) is 9.30. The van der Waals surface area contributed by atoms with E-state index in [1.165, 1.54) is 0 Å². The van der Waals surface area contributed by atoms with E-state index in [0.717, 1.165) is 22.5 Å². The third kappa shape index (κ3) is 2.35. The van der Waals surface area contributed by atoms with E-state index in [0.29, 0.717) is 10.6 Å². The van der Waals surface area contributed by atoms with Gasteiger partial charge in [0.2, 0.25) is 0 Å². The van der Waals surface area contributed by atoms with Crippen molar-refractivity contribution in [2.45, 2.75) is 19.4 Å². The van der Waals surface area contributed by atoms with E-state index in [4.69, 9.17) is 11.6 Å². The Bertz CT molecular complexity index is 993. The minimum atomic E-state index is -0.510. The number of halogens is 1. The molecule has 1 aromatic carbocycles. The average Bonchev–Trinajstić information content (AvgIpc) is 3.08. The van der Waals surface area contributed by atoms with Crippen molar-refractivity contribution in [1.29, 1.82) is 0 Å². The van der Waals surface area contributed by atoms with Crippen LogP contribution in [0.25, 0.3) is 11.3 Å². The second kappa shape index (κ2) is 5.43. The molecular formula is C19H17ClN4O. The maximum absolute atomic E-state index is 13.0. The number of pyridine rings is 1. The molecule has 0 unspecified atom stereocenters. The van der Waals surface area contributed by atoms with Gasteiger partial charge in [0.25, 0.3) is 5.91 Å². The van der Waals surface area contributed by atoms with Crippen molar-refractivity contribution in [2.24, 2.45) is 7.05 Å². The molecule has 3 aromatic rings. The summed E-state index contributed by atoms with van der Waals surface area (Å²) in [5.74, 6) is -0.0411. The zero-order chi connectivity index (χ0) is 17.8. The van der Waals surface area contributed by atoms with Crippen LogP contribution in [0.3, 0.4) is 0 Å². The molecule has 0 radical (unpaired) electrons. The minimum absolute atomic E-state index is 0.0411. The molecule has 0 saturated heterocycles. The van der Waals surface area contributed by atoms with Crippen LogP contribution in [0.5, 0.6) is 0 Å². The van der Waals surface area contributed by atoms with E-state index in [-0.39, 0.29) is 5.91 Å². The van der Waals surface area contributed by atoms with Crippen LogP contribution in [0.15, 0.2) is 48.9 Å². The van der Waals surface area contributed by atoms with Crippen LogP contribution in [-0.2, 0) is 12.6 Å². The van der Waals surface area contributed by atoms with Crippen molar-refractivity contribution in [3.8, 4) is 11.3 Å². The van der Waals surface area contributed by atoms with Crippen molar-refractivity contribution >= 4 is 23.2 Å². The molecule has 0 atom stereocenters. The second-order valence-electron chi connectivity index (χ2n) is 6.66. The number of nitrogens with zero attached hydrogens (tertiary/aromatic N) is 4. The smallest absolute Gasteiger partial charge is 0.259 e. The number of benzene rings is 1. The molecule has 0 N–H and O–H groups in total. The Morgan fingerprint density at radius 1 is 1.12 bits per heavy atom. The van der Waals surface area contributed by atoms with E-state index in [1.54, 1.807) is 40.3 Å². The number of aromatic nitrogens is 3. The molecule has 0 bridgehead atoms. The number of carbonyl (C=O) groups is 1. The maximum Gasteiger partial charge on any atom is 0.259 e. The molecule has 6 heteroatoms. The largest absolute Gasteiger partial charge is 0.297 e. The van der Waals surface area contributed by atoms with Crippen molar-refractivity contribution < 1.29 is 4.79 Å². The molecule has 25 heavy (non-hydrogen) atoms. The summed E-state index contributed by atoms with van der Waals surface area (Å²) in [5.41, 5.74) is 3.70. The monoisotopic (exact) mass is 352 g/mol. The molecule has 1 aliphatic rings. The van der Waals surface area contributed by atoms with E-state index >= 15 is 0 Å². The molecule has 4 rings (SSSR count). The van der Waals surface area contributed by atoms with E-state index < -0.39 is 5.54 Å². The molecule has 0 spiro atoms. The van der Waals surface area contributed by atoms with Crippen molar-refractivity contribution in [1.82, 2.24) is 14.8 Å². The van der Waals surface area contributed by atoms with Gasteiger partial charge in [0.15, 0.2) is 0 Å². The van der Waals surface area contributed by atoms with Gasteiger partial charge in [-0.3, -0.25) is 19.4 Å². The van der Waals surface area contributed by atoms with Gasteiger partial charge >= 0.3 is 0 Å². The summed E-state index contributed by atoms with van der Waals surface area (Å²) in [4.78, 5) is 19.2. The summed E-state index contributed by atoms with van der Waals surface area (Å²) >= 11 is 6.15. The predicted molar refractivity (Wildman–Crippen MR) is 97.7 cm³/mol. The van der Waals surface area contributed by atoms with Gasteiger partial charge in [0.1, 0.15) is 0 Å². The number of carbonyl (C=O) groups excluding carboxylic acids is 1. The summed E-state index contributed by atoms with van der Waals surface area (Å²) in [6.45, 7) is 4.04. The Labute approximate surface area is 150 Å². The van der Waals surface area contributed by atoms with Gasteiger partial charge in [0, 0.05) is 35.6 Å². The van der Waals surface area contributed by atoms with E-state index in [1.807, 2.05) is 39.1 Å². The van der Waals surface area contributed by atoms with E-state index in [9.17, 15) is 4.79 Å². The standard InChI is InChI=1S/C19H17ClN4O/c1-19(2)16-9-13(20)4-5-15(16)18(25)24(19)14-8-12(10-21-11-14)17-6-7-22-23(17)3/h4-11H,1-3H3. The van der Waals surface area contributed by atoms with Gasteiger partial charge in [-0.2, -0.15) is 5.10 Å². The van der Waals surface area contributed by atoms with Crippen LogP contribution < -0.4 is 4.90 Å². The highest BCUT2D eigenvalue weighted by atomic mass is 35.5. The molecule has 2 aromatic heterocycles. The molecule has 0 aliphatic carbocycles. The molecule has 5 nitrogen and oxygen atoms in total. The quantitative estimate of drug-likeness (QED) is 0.699. The van der Waals surface area contributed by atoms with Gasteiger partial charge in [-0.05, 0) is 49.7 Å². The SMILES string of the molecule is Cn1nccc1-c1cncc(N2C(=O)c3ccc(Cl)cc3C2(C)C)c1. The zero-order valence-corrected chi connectivity index (χ0v) is 14.9. The third-order valence-electron chi connectivity index (χ3n) is 4.73. The van der Waals surface area contributed by atoms with Crippen LogP contribution >= 0.6 is 11.6 Å². The Morgan fingerprint density at radius 3 is 2.64 bits per heavy atom. The Balaban J connectivity index is 1.83. The first-order valence-electron chi connectivity index (χ1n) is 7.97. The van der Waals surface area contributed by atoms with Crippen molar-refractivity contribution in [3.05, 3.63) is 65.1 Å². The number of rotatable bonds is 2. The lowest BCUT2D eigenvalue weighted by molar-refractivity contribution is 0.0982. The fourth-order valence-electron chi connectivity index (χ4n) is 3.49. The fourth-order valence-corrected chi connectivity index (χ4v) is 3.66. The van der Waals surface area contributed by atoms with Crippen LogP contribution in [0, 0.1) is 0 Å². The summed E-state index contributed by atoms with van der Waals surface area (Å²) in [5, 5.41) is 4.83. The van der Waals surface area contributed by atoms with Crippen LogP contribution in [0.1, 0.15) is 29.8 Å². The van der Waals surface area contributed by atoms with Crippen molar-refractivity contribution in [2.75, 3.05) is 4.90 Å². The number of fused-ring (bicyclic) bond motifs is 1. The van der Waals surface area contributed by atoms with Gasteiger partial charge in [-0.15, -0.1) is 0 Å². The lowest BCUT2D eigenvalue weighted by Crippen LogP contribution is -2.39. The number of hydrogen-bond acceptors (Lipinski definition) is 3. The minimum Gasteiger partial charge on any atom is -0.297 e. The number of hydrogen-bond donors (Lipinski definition) is 0. The summed E-state index contributed by atoms with van der Waals surface area (Å²) in [7, 11) is 1.88. The van der Waals surface area contributed by atoms with Crippen LogP contribution in [0.4, 0.5) is 5.69 Å². The Kier molecular flexibility index (Phi) is 3.44. The third-order valence-corrected chi connectivity index (χ3v) is 4.97. The molecular weight excluding hydrogens is 336 g/mol. The topological polar surface area (TPSA) is 51.0 Å². The second-order valence-corrected chi connectivity index (χ2v) is 7.10.